The van der Waals surface area contributed by atoms with E-state index in [1.54, 1.807) is 14.2 Å². The van der Waals surface area contributed by atoms with Crippen LogP contribution in [0.5, 0.6) is 11.5 Å². The van der Waals surface area contributed by atoms with Crippen molar-refractivity contribution in [2.75, 3.05) is 19.5 Å². The molecule has 0 heterocycles. The first-order valence-electron chi connectivity index (χ1n) is 6.38. The van der Waals surface area contributed by atoms with Crippen LogP contribution < -0.4 is 14.8 Å². The van der Waals surface area contributed by atoms with E-state index in [4.69, 9.17) is 9.47 Å². The molecule has 20 heavy (non-hydrogen) atoms. The number of methoxy groups -OCH3 is 2. The van der Waals surface area contributed by atoms with Crippen molar-refractivity contribution in [2.24, 2.45) is 0 Å². The fourth-order valence-corrected chi connectivity index (χ4v) is 2.58. The molecule has 2 aromatic carbocycles. The maximum atomic E-state index is 5.34. The van der Waals surface area contributed by atoms with Crippen molar-refractivity contribution >= 4 is 28.3 Å². The summed E-state index contributed by atoms with van der Waals surface area (Å²) in [5.41, 5.74) is 2.26. The van der Waals surface area contributed by atoms with Gasteiger partial charge in [-0.05, 0) is 65.4 Å². The Morgan fingerprint density at radius 2 is 1.75 bits per heavy atom. The van der Waals surface area contributed by atoms with Crippen LogP contribution in [0.1, 0.15) is 18.5 Å². The van der Waals surface area contributed by atoms with Crippen LogP contribution in [0.3, 0.4) is 0 Å². The largest absolute Gasteiger partial charge is 0.493 e. The molecule has 1 N–H and O–H groups in total. The molecule has 0 saturated heterocycles. The number of nitrogens with one attached hydrogen (secondary N) is 1. The summed E-state index contributed by atoms with van der Waals surface area (Å²) in [6.45, 7) is 2.13. The van der Waals surface area contributed by atoms with E-state index in [0.29, 0.717) is 0 Å². The van der Waals surface area contributed by atoms with Gasteiger partial charge in [0.2, 0.25) is 0 Å². The summed E-state index contributed by atoms with van der Waals surface area (Å²) in [7, 11) is 3.30. The SMILES string of the molecule is COc1ccc(C(C)Nc2cccc(I)c2)cc1OC. The number of anilines is 1. The first-order chi connectivity index (χ1) is 9.63. The zero-order valence-electron chi connectivity index (χ0n) is 11.8. The van der Waals surface area contributed by atoms with Gasteiger partial charge in [0.1, 0.15) is 0 Å². The minimum atomic E-state index is 0.188. The molecule has 0 spiro atoms. The lowest BCUT2D eigenvalue weighted by molar-refractivity contribution is 0.354. The van der Waals surface area contributed by atoms with E-state index in [1.807, 2.05) is 24.3 Å². The monoisotopic (exact) mass is 383 g/mol. The normalized spacial score (nSPS) is 11.8. The number of halogens is 1. The molecule has 0 aliphatic rings. The molecule has 0 bridgehead atoms. The number of rotatable bonds is 5. The van der Waals surface area contributed by atoms with E-state index in [1.165, 1.54) is 3.57 Å². The lowest BCUT2D eigenvalue weighted by Crippen LogP contribution is -2.07. The molecule has 3 nitrogen and oxygen atoms in total. The summed E-state index contributed by atoms with van der Waals surface area (Å²) in [5, 5.41) is 3.49. The highest BCUT2D eigenvalue weighted by molar-refractivity contribution is 14.1. The molecule has 0 saturated carbocycles. The zero-order valence-corrected chi connectivity index (χ0v) is 14.0. The molecule has 2 aromatic rings. The fraction of sp³-hybridized carbons (Fsp3) is 0.250. The maximum absolute atomic E-state index is 5.34. The summed E-state index contributed by atoms with van der Waals surface area (Å²) < 4.78 is 11.8. The van der Waals surface area contributed by atoms with Crippen molar-refractivity contribution in [3.8, 4) is 11.5 Å². The van der Waals surface area contributed by atoms with Crippen LogP contribution in [0.4, 0.5) is 5.69 Å². The minimum Gasteiger partial charge on any atom is -0.493 e. The Balaban J connectivity index is 2.18. The second kappa shape index (κ2) is 6.83. The number of ether oxygens (including phenoxy) is 2. The van der Waals surface area contributed by atoms with Gasteiger partial charge < -0.3 is 14.8 Å². The van der Waals surface area contributed by atoms with Gasteiger partial charge in [0, 0.05) is 15.3 Å². The first-order valence-corrected chi connectivity index (χ1v) is 7.46. The Labute approximate surface area is 133 Å². The highest BCUT2D eigenvalue weighted by atomic mass is 127. The van der Waals surface area contributed by atoms with Crippen molar-refractivity contribution in [1.82, 2.24) is 0 Å². The lowest BCUT2D eigenvalue weighted by atomic mass is 10.1. The Kier molecular flexibility index (Phi) is 5.11. The summed E-state index contributed by atoms with van der Waals surface area (Å²) in [6.07, 6.45) is 0. The third-order valence-electron chi connectivity index (χ3n) is 3.12. The minimum absolute atomic E-state index is 0.188. The van der Waals surface area contributed by atoms with Gasteiger partial charge in [0.25, 0.3) is 0 Å². The van der Waals surface area contributed by atoms with E-state index in [0.717, 1.165) is 22.7 Å². The molecule has 0 aromatic heterocycles. The number of benzene rings is 2. The summed E-state index contributed by atoms with van der Waals surface area (Å²) in [6, 6.07) is 14.5. The van der Waals surface area contributed by atoms with Crippen LogP contribution in [0.2, 0.25) is 0 Å². The predicted octanol–water partition coefficient (Wildman–Crippen LogP) is 4.48. The van der Waals surface area contributed by atoms with Crippen LogP contribution in [-0.2, 0) is 0 Å². The van der Waals surface area contributed by atoms with Crippen LogP contribution in [0.15, 0.2) is 42.5 Å². The number of hydrogen-bond donors (Lipinski definition) is 1. The maximum Gasteiger partial charge on any atom is 0.161 e. The quantitative estimate of drug-likeness (QED) is 0.773. The molecule has 0 fully saturated rings. The topological polar surface area (TPSA) is 30.5 Å². The van der Waals surface area contributed by atoms with Crippen LogP contribution >= 0.6 is 22.6 Å². The van der Waals surface area contributed by atoms with Gasteiger partial charge in [-0.25, -0.2) is 0 Å². The summed E-state index contributed by atoms with van der Waals surface area (Å²) in [4.78, 5) is 0. The average Bonchev–Trinajstić information content (AvgIpc) is 2.46. The lowest BCUT2D eigenvalue weighted by Gasteiger charge is -2.17. The zero-order chi connectivity index (χ0) is 14.5. The smallest absolute Gasteiger partial charge is 0.161 e. The molecule has 0 aliphatic carbocycles. The van der Waals surface area contributed by atoms with Crippen molar-refractivity contribution in [1.29, 1.82) is 0 Å². The Morgan fingerprint density at radius 3 is 2.40 bits per heavy atom. The van der Waals surface area contributed by atoms with Gasteiger partial charge in [0.05, 0.1) is 14.2 Å². The molecular weight excluding hydrogens is 365 g/mol. The summed E-state index contributed by atoms with van der Waals surface area (Å²) in [5.74, 6) is 1.50. The molecule has 0 amide bonds. The molecule has 0 aliphatic heterocycles. The van der Waals surface area contributed by atoms with Crippen molar-refractivity contribution in [2.45, 2.75) is 13.0 Å². The second-order valence-corrected chi connectivity index (χ2v) is 5.74. The highest BCUT2D eigenvalue weighted by Crippen LogP contribution is 2.31. The van der Waals surface area contributed by atoms with Crippen molar-refractivity contribution in [3.63, 3.8) is 0 Å². The summed E-state index contributed by atoms with van der Waals surface area (Å²) >= 11 is 2.31. The third kappa shape index (κ3) is 3.56. The standard InChI is InChI=1S/C16H18INO2/c1-11(18-14-6-4-5-13(17)10-14)12-7-8-15(19-2)16(9-12)20-3/h4-11,18H,1-3H3. The van der Waals surface area contributed by atoms with Gasteiger partial charge in [0.15, 0.2) is 11.5 Å². The van der Waals surface area contributed by atoms with E-state index in [-0.39, 0.29) is 6.04 Å². The van der Waals surface area contributed by atoms with E-state index >= 15 is 0 Å². The van der Waals surface area contributed by atoms with Gasteiger partial charge >= 0.3 is 0 Å². The van der Waals surface area contributed by atoms with Gasteiger partial charge in [-0.1, -0.05) is 12.1 Å². The third-order valence-corrected chi connectivity index (χ3v) is 3.79. The van der Waals surface area contributed by atoms with Gasteiger partial charge in [-0.15, -0.1) is 0 Å². The van der Waals surface area contributed by atoms with Crippen LogP contribution in [0.25, 0.3) is 0 Å². The number of hydrogen-bond acceptors (Lipinski definition) is 3. The molecule has 2 rings (SSSR count). The first kappa shape index (κ1) is 15.0. The Bertz CT molecular complexity index is 586. The van der Waals surface area contributed by atoms with Crippen molar-refractivity contribution < 1.29 is 9.47 Å². The highest BCUT2D eigenvalue weighted by Gasteiger charge is 2.10. The van der Waals surface area contributed by atoms with Gasteiger partial charge in [-0.3, -0.25) is 0 Å². The van der Waals surface area contributed by atoms with Crippen LogP contribution in [0, 0.1) is 3.57 Å². The molecule has 0 radical (unpaired) electrons. The molecule has 106 valence electrons. The van der Waals surface area contributed by atoms with E-state index in [9.17, 15) is 0 Å². The molecule has 4 heteroatoms. The molecular formula is C16H18INO2. The molecule has 1 atom stereocenters. The predicted molar refractivity (Wildman–Crippen MR) is 90.7 cm³/mol. The Hall–Kier alpha value is -1.43. The average molecular weight is 383 g/mol. The molecule has 1 unspecified atom stereocenters. The second-order valence-electron chi connectivity index (χ2n) is 4.49. The van der Waals surface area contributed by atoms with E-state index < -0.39 is 0 Å². The van der Waals surface area contributed by atoms with Gasteiger partial charge in [-0.2, -0.15) is 0 Å². The Morgan fingerprint density at radius 1 is 1.00 bits per heavy atom. The van der Waals surface area contributed by atoms with Crippen LogP contribution in [-0.4, -0.2) is 14.2 Å². The fourth-order valence-electron chi connectivity index (χ4n) is 2.03. The van der Waals surface area contributed by atoms with Crippen molar-refractivity contribution in [3.05, 3.63) is 51.6 Å². The van der Waals surface area contributed by atoms with E-state index in [2.05, 4.69) is 53.0 Å².